The molecule has 0 bridgehead atoms. The average molecular weight is 287 g/mol. The van der Waals surface area contributed by atoms with Gasteiger partial charge in [0.05, 0.1) is 12.1 Å². The van der Waals surface area contributed by atoms with E-state index in [1.54, 1.807) is 0 Å². The van der Waals surface area contributed by atoms with Crippen molar-refractivity contribution in [2.75, 3.05) is 6.61 Å². The third-order valence-corrected chi connectivity index (χ3v) is 6.07. The second-order valence-electron chi connectivity index (χ2n) is 7.05. The monoisotopic (exact) mass is 287 g/mol. The quantitative estimate of drug-likeness (QED) is 0.801. The number of nitrogens with two attached hydrogens (primary N) is 1. The van der Waals surface area contributed by atoms with Crippen molar-refractivity contribution in [3.05, 3.63) is 11.4 Å². The van der Waals surface area contributed by atoms with Crippen molar-refractivity contribution in [2.45, 2.75) is 32.6 Å². The van der Waals surface area contributed by atoms with Gasteiger partial charge >= 0.3 is 0 Å². The van der Waals surface area contributed by atoms with E-state index in [1.807, 2.05) is 6.21 Å². The number of rotatable bonds is 2. The van der Waals surface area contributed by atoms with E-state index in [-0.39, 0.29) is 24.2 Å². The predicted octanol–water partition coefficient (Wildman–Crippen LogP) is 1.27. The average Bonchev–Trinajstić information content (AvgIpc) is 3.08. The Morgan fingerprint density at radius 3 is 3.00 bits per heavy atom. The number of hydrogen-bond donors (Lipinski definition) is 2. The number of aliphatic imine (C=N–C) groups is 2. The lowest BCUT2D eigenvalue weighted by Crippen LogP contribution is -2.31. The van der Waals surface area contributed by atoms with Gasteiger partial charge in [0.15, 0.2) is 5.78 Å². The maximum Gasteiger partial charge on any atom is 0.190 e. The molecule has 0 spiro atoms. The van der Waals surface area contributed by atoms with Crippen molar-refractivity contribution in [2.24, 2.45) is 44.8 Å². The lowest BCUT2D eigenvalue weighted by atomic mass is 9.77. The van der Waals surface area contributed by atoms with Crippen LogP contribution >= 0.6 is 0 Å². The largest absolute Gasteiger partial charge is 0.396 e. The lowest BCUT2D eigenvalue weighted by Gasteiger charge is -2.29. The number of nitrogens with zero attached hydrogens (tertiary/aromatic N) is 2. The maximum absolute atomic E-state index is 12.0. The summed E-state index contributed by atoms with van der Waals surface area (Å²) in [6.45, 7) is 2.51. The number of fused-ring (bicyclic) bond motifs is 2. The Bertz CT molecular complexity index is 607. The van der Waals surface area contributed by atoms with Crippen LogP contribution in [-0.2, 0) is 4.79 Å². The Morgan fingerprint density at radius 1 is 1.48 bits per heavy atom. The minimum absolute atomic E-state index is 0.00181. The molecule has 4 unspecified atom stereocenters. The first kappa shape index (κ1) is 13.2. The summed E-state index contributed by atoms with van der Waals surface area (Å²) in [4.78, 5) is 20.9. The van der Waals surface area contributed by atoms with E-state index >= 15 is 0 Å². The van der Waals surface area contributed by atoms with Gasteiger partial charge in [-0.25, -0.2) is 4.99 Å². The number of hydrogen-bond acceptors (Lipinski definition) is 5. The first-order valence-electron chi connectivity index (χ1n) is 7.83. The van der Waals surface area contributed by atoms with Gasteiger partial charge in [-0.05, 0) is 37.0 Å². The lowest BCUT2D eigenvalue weighted by molar-refractivity contribution is -0.114. The third-order valence-electron chi connectivity index (χ3n) is 6.07. The highest BCUT2D eigenvalue weighted by Crippen LogP contribution is 2.67. The number of aliphatic hydroxyl groups is 1. The first-order valence-corrected chi connectivity index (χ1v) is 7.83. The Morgan fingerprint density at radius 2 is 2.29 bits per heavy atom. The molecule has 0 aromatic heterocycles. The first-order chi connectivity index (χ1) is 10.1. The molecular weight excluding hydrogens is 266 g/mol. The van der Waals surface area contributed by atoms with Crippen LogP contribution in [0.15, 0.2) is 21.4 Å². The third kappa shape index (κ3) is 1.70. The van der Waals surface area contributed by atoms with Crippen LogP contribution in [0.4, 0.5) is 0 Å². The summed E-state index contributed by atoms with van der Waals surface area (Å²) in [5.74, 6) is 2.15. The molecule has 0 saturated heterocycles. The molecule has 112 valence electrons. The predicted molar refractivity (Wildman–Crippen MR) is 79.8 cm³/mol. The maximum atomic E-state index is 12.0. The standard InChI is InChI=1S/C16H21N3O2/c1-8-9(6-20)2-3-10(8)16-5-11(16)14-15(18-7-16)12(21)4-13(17)19-14/h7-11,20H,2-6H2,1H3,(H2,17,19)/t8?,9?,10?,11?,16-/m1/s1. The molecule has 2 heterocycles. The van der Waals surface area contributed by atoms with Gasteiger partial charge in [-0.15, -0.1) is 0 Å². The van der Waals surface area contributed by atoms with E-state index in [1.165, 1.54) is 0 Å². The number of Topliss-reactive ketones (excluding diaryl/α,β-unsaturated/α-hetero) is 1. The SMILES string of the molecule is CC1C(CO)CCC1[C@@]12C=NC3=C(N=C(N)CC3=O)C1C2. The molecule has 0 aromatic carbocycles. The highest BCUT2D eigenvalue weighted by Gasteiger charge is 2.64. The number of carbonyl (C=O) groups is 1. The highest BCUT2D eigenvalue weighted by atomic mass is 16.3. The van der Waals surface area contributed by atoms with Gasteiger partial charge < -0.3 is 10.8 Å². The van der Waals surface area contributed by atoms with Crippen LogP contribution in [-0.4, -0.2) is 29.5 Å². The summed E-state index contributed by atoms with van der Waals surface area (Å²) in [7, 11) is 0. The highest BCUT2D eigenvalue weighted by molar-refractivity contribution is 6.12. The molecule has 5 heteroatoms. The second kappa shape index (κ2) is 4.26. The molecule has 2 aliphatic carbocycles. The van der Waals surface area contributed by atoms with Crippen molar-refractivity contribution >= 4 is 17.8 Å². The molecule has 3 N–H and O–H groups in total. The van der Waals surface area contributed by atoms with Crippen LogP contribution in [0.3, 0.4) is 0 Å². The van der Waals surface area contributed by atoms with E-state index < -0.39 is 0 Å². The van der Waals surface area contributed by atoms with E-state index in [0.29, 0.717) is 35.2 Å². The van der Waals surface area contributed by atoms with Crippen molar-refractivity contribution < 1.29 is 9.90 Å². The van der Waals surface area contributed by atoms with Gasteiger partial charge in [0, 0.05) is 24.2 Å². The van der Waals surface area contributed by atoms with Crippen LogP contribution in [0.25, 0.3) is 0 Å². The Labute approximate surface area is 124 Å². The fourth-order valence-electron chi connectivity index (χ4n) is 4.76. The molecule has 4 aliphatic rings. The van der Waals surface area contributed by atoms with Gasteiger partial charge in [0.25, 0.3) is 0 Å². The normalized spacial score (nSPS) is 44.5. The summed E-state index contributed by atoms with van der Waals surface area (Å²) in [6.07, 6.45) is 5.45. The number of aliphatic hydroxyl groups excluding tert-OH is 1. The number of allylic oxidation sites excluding steroid dienone is 2. The van der Waals surface area contributed by atoms with E-state index in [9.17, 15) is 9.90 Å². The van der Waals surface area contributed by atoms with E-state index in [4.69, 9.17) is 5.73 Å². The van der Waals surface area contributed by atoms with Gasteiger partial charge in [-0.2, -0.15) is 0 Å². The summed E-state index contributed by atoms with van der Waals surface area (Å²) < 4.78 is 0. The molecule has 4 rings (SSSR count). The fraction of sp³-hybridized carbons (Fsp3) is 0.688. The van der Waals surface area contributed by atoms with Crippen molar-refractivity contribution in [3.8, 4) is 0 Å². The molecule has 0 radical (unpaired) electrons. The van der Waals surface area contributed by atoms with Crippen LogP contribution < -0.4 is 5.73 Å². The van der Waals surface area contributed by atoms with Crippen molar-refractivity contribution in [3.63, 3.8) is 0 Å². The van der Waals surface area contributed by atoms with Crippen LogP contribution in [0.5, 0.6) is 0 Å². The Balaban J connectivity index is 1.65. The van der Waals surface area contributed by atoms with Gasteiger partial charge in [-0.1, -0.05) is 6.92 Å². The van der Waals surface area contributed by atoms with Crippen LogP contribution in [0, 0.1) is 29.1 Å². The van der Waals surface area contributed by atoms with Crippen molar-refractivity contribution in [1.29, 1.82) is 0 Å². The molecule has 21 heavy (non-hydrogen) atoms. The Hall–Kier alpha value is -1.49. The van der Waals surface area contributed by atoms with Gasteiger partial charge in [-0.3, -0.25) is 9.79 Å². The second-order valence-corrected chi connectivity index (χ2v) is 7.05. The summed E-state index contributed by atoms with van der Waals surface area (Å²) in [5.41, 5.74) is 7.21. The van der Waals surface area contributed by atoms with Gasteiger partial charge in [0.2, 0.25) is 0 Å². The van der Waals surface area contributed by atoms with E-state index in [0.717, 1.165) is 25.0 Å². The topological polar surface area (TPSA) is 88.0 Å². The van der Waals surface area contributed by atoms with Crippen molar-refractivity contribution in [1.82, 2.24) is 0 Å². The molecule has 0 aromatic rings. The zero-order chi connectivity index (χ0) is 14.8. The molecular formula is C16H21N3O2. The molecule has 2 aliphatic heterocycles. The number of carbonyl (C=O) groups excluding carboxylic acids is 1. The molecule has 2 fully saturated rings. The Kier molecular flexibility index (Phi) is 2.67. The number of ketones is 1. The van der Waals surface area contributed by atoms with E-state index in [2.05, 4.69) is 16.9 Å². The number of amidine groups is 1. The fourth-order valence-corrected chi connectivity index (χ4v) is 4.76. The van der Waals surface area contributed by atoms with Crippen LogP contribution in [0.1, 0.15) is 32.6 Å². The van der Waals surface area contributed by atoms with Crippen LogP contribution in [0.2, 0.25) is 0 Å². The zero-order valence-corrected chi connectivity index (χ0v) is 12.2. The molecule has 0 amide bonds. The molecule has 5 atom stereocenters. The zero-order valence-electron chi connectivity index (χ0n) is 12.2. The molecule has 2 saturated carbocycles. The summed E-state index contributed by atoms with van der Waals surface area (Å²) in [5, 5.41) is 9.48. The minimum atomic E-state index is 0.00181. The summed E-state index contributed by atoms with van der Waals surface area (Å²) >= 11 is 0. The summed E-state index contributed by atoms with van der Waals surface area (Å²) in [6, 6.07) is 0. The molecule has 5 nitrogen and oxygen atoms in total. The minimum Gasteiger partial charge on any atom is -0.396 e. The van der Waals surface area contributed by atoms with Gasteiger partial charge in [0.1, 0.15) is 11.5 Å². The smallest absolute Gasteiger partial charge is 0.190 e.